The zero-order valence-corrected chi connectivity index (χ0v) is 5.95. The molecule has 0 bridgehead atoms. The molecule has 1 nitrogen and oxygen atoms in total. The largest absolute Gasteiger partial charge is 0.506 e. The Balaban J connectivity index is 3.17. The highest BCUT2D eigenvalue weighted by molar-refractivity contribution is 6.34. The van der Waals surface area contributed by atoms with Crippen molar-refractivity contribution in [3.05, 3.63) is 28.2 Å². The molecule has 0 radical (unpaired) electrons. The summed E-state index contributed by atoms with van der Waals surface area (Å²) in [6.45, 7) is 0. The lowest BCUT2D eigenvalue weighted by Crippen LogP contribution is -1.66. The molecule has 0 aliphatic heterocycles. The summed E-state index contributed by atoms with van der Waals surface area (Å²) < 4.78 is 0. The second kappa shape index (κ2) is 2.46. The van der Waals surface area contributed by atoms with E-state index in [0.29, 0.717) is 10.0 Å². The van der Waals surface area contributed by atoms with Crippen molar-refractivity contribution in [1.82, 2.24) is 0 Å². The van der Waals surface area contributed by atoms with Gasteiger partial charge in [0.1, 0.15) is 5.75 Å². The zero-order chi connectivity index (χ0) is 6.85. The third-order valence-corrected chi connectivity index (χ3v) is 1.46. The summed E-state index contributed by atoms with van der Waals surface area (Å²) in [6, 6.07) is 4.55. The summed E-state index contributed by atoms with van der Waals surface area (Å²) in [5.41, 5.74) is 0. The smallest absolute Gasteiger partial charge is 0.135 e. The van der Waals surface area contributed by atoms with Crippen molar-refractivity contribution in [3.63, 3.8) is 0 Å². The zero-order valence-electron chi connectivity index (χ0n) is 4.44. The van der Waals surface area contributed by atoms with E-state index in [1.165, 1.54) is 6.07 Å². The van der Waals surface area contributed by atoms with Crippen molar-refractivity contribution in [2.75, 3.05) is 0 Å². The predicted molar refractivity (Wildman–Crippen MR) is 38.1 cm³/mol. The molecule has 0 saturated carbocycles. The minimum Gasteiger partial charge on any atom is -0.506 e. The van der Waals surface area contributed by atoms with Crippen molar-refractivity contribution >= 4 is 23.2 Å². The average molecular weight is 169 g/mol. The molecule has 0 atom stereocenters. The maximum atomic E-state index is 8.88. The molecule has 0 aromatic heterocycles. The number of benzene rings is 1. The highest BCUT2D eigenvalue weighted by Gasteiger charge is 1.95. The fourth-order valence-electron chi connectivity index (χ4n) is 0.486. The van der Waals surface area contributed by atoms with Crippen molar-refractivity contribution in [3.8, 4) is 5.75 Å². The van der Waals surface area contributed by atoms with Crippen LogP contribution in [-0.4, -0.2) is 5.11 Å². The van der Waals surface area contributed by atoms with Gasteiger partial charge in [0.2, 0.25) is 0 Å². The van der Waals surface area contributed by atoms with Gasteiger partial charge in [-0.25, -0.2) is 0 Å². The van der Waals surface area contributed by atoms with Gasteiger partial charge in [-0.05, 0) is 12.1 Å². The van der Waals surface area contributed by atoms with Crippen LogP contribution in [0.3, 0.4) is 0 Å². The number of halogens is 2. The molecule has 0 heterocycles. The summed E-state index contributed by atoms with van der Waals surface area (Å²) in [5, 5.41) is 9.69. The lowest BCUT2D eigenvalue weighted by atomic mass is 11.3. The van der Waals surface area contributed by atoms with Crippen LogP contribution >= 0.6 is 23.2 Å². The first-order valence-electron chi connectivity index (χ1n) is 2.34. The molecule has 1 aromatic rings. The minimum absolute atomic E-state index is 0.0177. The molecule has 1 N–H and O–H groups in total. The molecule has 3 heteroatoms. The standard InChI is InChI=1S/C6H4Cl2O/c7-4-1-2-5(8)6(9)3-4/h1-3,9H/i1+1,2+1,3+1,4+1,5+1,6+1. The van der Waals surface area contributed by atoms with Gasteiger partial charge >= 0.3 is 0 Å². The van der Waals surface area contributed by atoms with E-state index in [9.17, 15) is 0 Å². The Morgan fingerprint density at radius 3 is 2.33 bits per heavy atom. The highest BCUT2D eigenvalue weighted by atomic mass is 35.5. The number of aromatic hydroxyl groups is 1. The fraction of sp³-hybridized carbons (Fsp3) is 0. The molecule has 1 aromatic carbocycles. The van der Waals surface area contributed by atoms with Crippen LogP contribution < -0.4 is 0 Å². The lowest BCUT2D eigenvalue weighted by molar-refractivity contribution is 0.475. The van der Waals surface area contributed by atoms with E-state index in [1.807, 2.05) is 0 Å². The van der Waals surface area contributed by atoms with Crippen molar-refractivity contribution in [2.45, 2.75) is 0 Å². The van der Waals surface area contributed by atoms with Crippen LogP contribution in [0.25, 0.3) is 0 Å². The highest BCUT2D eigenvalue weighted by Crippen LogP contribution is 2.25. The first-order chi connectivity index (χ1) is 4.20. The Hall–Kier alpha value is -0.400. The van der Waals surface area contributed by atoms with E-state index in [-0.39, 0.29) is 5.75 Å². The molecule has 48 valence electrons. The molecular formula is C6H4Cl2O. The predicted octanol–water partition coefficient (Wildman–Crippen LogP) is 2.70. The summed E-state index contributed by atoms with van der Waals surface area (Å²) in [6.07, 6.45) is 0. The third kappa shape index (κ3) is 1.50. The number of phenols is 1. The normalized spacial score (nSPS) is 9.56. The third-order valence-electron chi connectivity index (χ3n) is 0.908. The Bertz CT molecular complexity index is 222. The van der Waals surface area contributed by atoms with Gasteiger partial charge in [0, 0.05) is 11.1 Å². The maximum Gasteiger partial charge on any atom is 0.135 e. The molecule has 0 aliphatic rings. The Morgan fingerprint density at radius 1 is 1.22 bits per heavy atom. The van der Waals surface area contributed by atoms with Crippen LogP contribution in [0.2, 0.25) is 10.0 Å². The molecule has 0 unspecified atom stereocenters. The maximum absolute atomic E-state index is 8.88. The van der Waals surface area contributed by atoms with E-state index in [1.54, 1.807) is 12.1 Å². The summed E-state index contributed by atoms with van der Waals surface area (Å²) in [7, 11) is 0. The van der Waals surface area contributed by atoms with Gasteiger partial charge in [0.05, 0.1) is 5.02 Å². The number of rotatable bonds is 0. The van der Waals surface area contributed by atoms with Crippen LogP contribution in [0.5, 0.6) is 5.75 Å². The second-order valence-electron chi connectivity index (χ2n) is 1.60. The quantitative estimate of drug-likeness (QED) is 0.632. The first kappa shape index (κ1) is 6.72. The van der Waals surface area contributed by atoms with Gasteiger partial charge in [0.25, 0.3) is 0 Å². The molecule has 0 aliphatic carbocycles. The van der Waals surface area contributed by atoms with Gasteiger partial charge < -0.3 is 5.11 Å². The number of phenolic OH excluding ortho intramolecular Hbond substituents is 1. The van der Waals surface area contributed by atoms with Crippen molar-refractivity contribution < 1.29 is 5.11 Å². The van der Waals surface area contributed by atoms with E-state index >= 15 is 0 Å². The molecule has 0 fully saturated rings. The molecular weight excluding hydrogens is 165 g/mol. The van der Waals surface area contributed by atoms with Gasteiger partial charge in [-0.2, -0.15) is 0 Å². The Morgan fingerprint density at radius 2 is 1.89 bits per heavy atom. The minimum atomic E-state index is 0.0177. The van der Waals surface area contributed by atoms with Crippen LogP contribution in [0.4, 0.5) is 0 Å². The van der Waals surface area contributed by atoms with Crippen LogP contribution in [0, 0.1) is 0 Å². The average Bonchev–Trinajstić information content (AvgIpc) is 1.80. The van der Waals surface area contributed by atoms with E-state index in [2.05, 4.69) is 0 Å². The summed E-state index contributed by atoms with van der Waals surface area (Å²) in [5.74, 6) is 0.0177. The molecule has 0 spiro atoms. The molecule has 0 saturated heterocycles. The number of hydrogen-bond donors (Lipinski definition) is 1. The second-order valence-corrected chi connectivity index (χ2v) is 2.44. The number of hydrogen-bond acceptors (Lipinski definition) is 1. The van der Waals surface area contributed by atoms with Gasteiger partial charge in [-0.3, -0.25) is 0 Å². The molecule has 1 rings (SSSR count). The van der Waals surface area contributed by atoms with Gasteiger partial charge in [-0.1, -0.05) is 23.2 Å². The van der Waals surface area contributed by atoms with E-state index in [0.717, 1.165) is 0 Å². The monoisotopic (exact) mass is 168 g/mol. The van der Waals surface area contributed by atoms with Crippen molar-refractivity contribution in [2.24, 2.45) is 0 Å². The van der Waals surface area contributed by atoms with Gasteiger partial charge in [-0.15, -0.1) is 0 Å². The topological polar surface area (TPSA) is 20.2 Å². The Labute approximate surface area is 62.8 Å². The van der Waals surface area contributed by atoms with E-state index in [4.69, 9.17) is 28.3 Å². The first-order valence-corrected chi connectivity index (χ1v) is 3.10. The lowest BCUT2D eigenvalue weighted by Gasteiger charge is -1.93. The van der Waals surface area contributed by atoms with Crippen molar-refractivity contribution in [1.29, 1.82) is 0 Å². The van der Waals surface area contributed by atoms with Gasteiger partial charge in [0.15, 0.2) is 0 Å². The summed E-state index contributed by atoms with van der Waals surface area (Å²) in [4.78, 5) is 0. The van der Waals surface area contributed by atoms with Crippen LogP contribution in [0.15, 0.2) is 18.2 Å². The fourth-order valence-corrected chi connectivity index (χ4v) is 0.770. The molecule has 0 amide bonds. The SMILES string of the molecule is O[13c]1[13cH][13c](Cl)[13cH][13cH][13c]1Cl. The Kier molecular flexibility index (Phi) is 1.84. The van der Waals surface area contributed by atoms with Crippen LogP contribution in [0.1, 0.15) is 0 Å². The summed E-state index contributed by atoms with van der Waals surface area (Å²) >= 11 is 11.0. The molecule has 9 heavy (non-hydrogen) atoms. The van der Waals surface area contributed by atoms with Crippen LogP contribution in [-0.2, 0) is 0 Å². The van der Waals surface area contributed by atoms with E-state index < -0.39 is 0 Å².